The van der Waals surface area contributed by atoms with E-state index in [1.54, 1.807) is 30.1 Å². The first kappa shape index (κ1) is 22.5. The fourth-order valence-corrected chi connectivity index (χ4v) is 5.27. The number of imidazole rings is 1. The van der Waals surface area contributed by atoms with Crippen LogP contribution in [0.3, 0.4) is 0 Å². The first-order valence-electron chi connectivity index (χ1n) is 11.7. The molecule has 3 aromatic heterocycles. The number of carbonyl (C=O) groups is 1. The predicted octanol–water partition coefficient (Wildman–Crippen LogP) is 4.77. The zero-order chi connectivity index (χ0) is 24.5. The van der Waals surface area contributed by atoms with Crippen molar-refractivity contribution in [2.45, 2.75) is 10.8 Å². The monoisotopic (exact) mass is 497 g/mol. The molecule has 1 aliphatic heterocycles. The molecule has 1 fully saturated rings. The van der Waals surface area contributed by atoms with Crippen molar-refractivity contribution in [3.63, 3.8) is 0 Å². The van der Waals surface area contributed by atoms with E-state index < -0.39 is 5.97 Å². The first-order valence-corrected chi connectivity index (χ1v) is 12.7. The minimum Gasteiger partial charge on any atom is -0.478 e. The van der Waals surface area contributed by atoms with Gasteiger partial charge >= 0.3 is 5.97 Å². The predicted molar refractivity (Wildman–Crippen MR) is 140 cm³/mol. The second kappa shape index (κ2) is 9.60. The van der Waals surface area contributed by atoms with Crippen LogP contribution in [-0.2, 0) is 10.5 Å². The van der Waals surface area contributed by atoms with Gasteiger partial charge in [-0.3, -0.25) is 0 Å². The average Bonchev–Trinajstić information content (AvgIpc) is 3.31. The highest BCUT2D eigenvalue weighted by Gasteiger charge is 2.22. The SMILES string of the molecule is O=C(O)c1ccc(-c2c(CSc3ccc4ccccc4n3)nc3c(N4CCOCC4)ccnn23)cc1. The summed E-state index contributed by atoms with van der Waals surface area (Å²) in [5.74, 6) is -0.363. The molecule has 0 bridgehead atoms. The van der Waals surface area contributed by atoms with Gasteiger partial charge in [0.05, 0.1) is 52.6 Å². The third-order valence-corrected chi connectivity index (χ3v) is 7.20. The van der Waals surface area contributed by atoms with Gasteiger partial charge in [0.25, 0.3) is 0 Å². The summed E-state index contributed by atoms with van der Waals surface area (Å²) in [4.78, 5) is 23.5. The van der Waals surface area contributed by atoms with Gasteiger partial charge in [-0.15, -0.1) is 0 Å². The Labute approximate surface area is 211 Å². The molecule has 1 aliphatic rings. The van der Waals surface area contributed by atoms with Gasteiger partial charge < -0.3 is 14.7 Å². The maximum absolute atomic E-state index is 11.4. The van der Waals surface area contributed by atoms with Crippen LogP contribution in [0.5, 0.6) is 0 Å². The molecule has 36 heavy (non-hydrogen) atoms. The molecule has 1 N–H and O–H groups in total. The minimum atomic E-state index is -0.953. The van der Waals surface area contributed by atoms with Crippen LogP contribution in [0.1, 0.15) is 16.1 Å². The van der Waals surface area contributed by atoms with Gasteiger partial charge in [-0.05, 0) is 30.3 Å². The topological polar surface area (TPSA) is 92.8 Å². The summed E-state index contributed by atoms with van der Waals surface area (Å²) in [6.45, 7) is 2.94. The van der Waals surface area contributed by atoms with E-state index in [9.17, 15) is 9.90 Å². The zero-order valence-corrected chi connectivity index (χ0v) is 20.2. The number of ether oxygens (including phenoxy) is 1. The van der Waals surface area contributed by atoms with E-state index >= 15 is 0 Å². The molecular formula is C27H23N5O3S. The maximum atomic E-state index is 11.4. The molecular weight excluding hydrogens is 474 g/mol. The standard InChI is InChI=1S/C27H23N5O3S/c33-27(34)20-7-5-19(6-8-20)25-22(17-36-24-10-9-18-3-1-2-4-21(18)29-24)30-26-23(11-12-28-32(25)26)31-13-15-35-16-14-31/h1-12H,13-17H2,(H,33,34). The van der Waals surface area contributed by atoms with Gasteiger partial charge in [-0.1, -0.05) is 48.2 Å². The normalized spacial score (nSPS) is 13.9. The van der Waals surface area contributed by atoms with Crippen LogP contribution in [0.2, 0.25) is 0 Å². The Bertz CT molecular complexity index is 1560. The molecule has 5 aromatic rings. The summed E-state index contributed by atoms with van der Waals surface area (Å²) < 4.78 is 7.40. The van der Waals surface area contributed by atoms with Gasteiger partial charge in [-0.2, -0.15) is 5.10 Å². The minimum absolute atomic E-state index is 0.242. The number of morpholine rings is 1. The number of para-hydroxylation sites is 1. The molecule has 0 saturated carbocycles. The van der Waals surface area contributed by atoms with Gasteiger partial charge in [0.15, 0.2) is 5.65 Å². The van der Waals surface area contributed by atoms with E-state index in [0.29, 0.717) is 19.0 Å². The molecule has 0 aliphatic carbocycles. The van der Waals surface area contributed by atoms with Crippen molar-refractivity contribution < 1.29 is 14.6 Å². The summed E-state index contributed by atoms with van der Waals surface area (Å²) in [6, 6.07) is 21.0. The highest BCUT2D eigenvalue weighted by atomic mass is 32.2. The molecule has 6 rings (SSSR count). The molecule has 2 aromatic carbocycles. The molecule has 4 heterocycles. The molecule has 8 nitrogen and oxygen atoms in total. The number of hydrogen-bond acceptors (Lipinski definition) is 7. The van der Waals surface area contributed by atoms with E-state index in [-0.39, 0.29) is 5.56 Å². The third-order valence-electron chi connectivity index (χ3n) is 6.26. The highest BCUT2D eigenvalue weighted by molar-refractivity contribution is 7.98. The van der Waals surface area contributed by atoms with E-state index in [1.807, 2.05) is 47.0 Å². The van der Waals surface area contributed by atoms with E-state index in [2.05, 4.69) is 22.1 Å². The second-order valence-electron chi connectivity index (χ2n) is 8.47. The number of nitrogens with zero attached hydrogens (tertiary/aromatic N) is 5. The third kappa shape index (κ3) is 4.27. The number of thioether (sulfide) groups is 1. The molecule has 0 atom stereocenters. The van der Waals surface area contributed by atoms with Crippen LogP contribution in [-0.4, -0.2) is 57.0 Å². The number of aromatic nitrogens is 4. The van der Waals surface area contributed by atoms with Crippen LogP contribution in [0.25, 0.3) is 27.8 Å². The van der Waals surface area contributed by atoms with Crippen molar-refractivity contribution >= 4 is 40.0 Å². The fraction of sp³-hybridized carbons (Fsp3) is 0.185. The summed E-state index contributed by atoms with van der Waals surface area (Å²) in [7, 11) is 0. The summed E-state index contributed by atoms with van der Waals surface area (Å²) in [6.07, 6.45) is 1.79. The van der Waals surface area contributed by atoms with E-state index in [1.165, 1.54) is 0 Å². The van der Waals surface area contributed by atoms with Gasteiger partial charge in [0.1, 0.15) is 0 Å². The Kier molecular flexibility index (Phi) is 6.00. The number of pyridine rings is 1. The van der Waals surface area contributed by atoms with E-state index in [0.717, 1.165) is 57.3 Å². The lowest BCUT2D eigenvalue weighted by molar-refractivity contribution is 0.0697. The van der Waals surface area contributed by atoms with Gasteiger partial charge in [0, 0.05) is 29.8 Å². The Morgan fingerprint density at radius 2 is 1.78 bits per heavy atom. The van der Waals surface area contributed by atoms with E-state index in [4.69, 9.17) is 14.7 Å². The smallest absolute Gasteiger partial charge is 0.335 e. The molecule has 0 unspecified atom stereocenters. The van der Waals surface area contributed by atoms with Crippen LogP contribution < -0.4 is 4.90 Å². The lowest BCUT2D eigenvalue weighted by Crippen LogP contribution is -2.36. The number of hydrogen-bond donors (Lipinski definition) is 1. The molecule has 180 valence electrons. The van der Waals surface area contributed by atoms with Crippen LogP contribution >= 0.6 is 11.8 Å². The summed E-state index contributed by atoms with van der Waals surface area (Å²) in [5.41, 5.74) is 5.57. The molecule has 0 radical (unpaired) electrons. The second-order valence-corrected chi connectivity index (χ2v) is 9.47. The summed E-state index contributed by atoms with van der Waals surface area (Å²) >= 11 is 1.62. The molecule has 0 spiro atoms. The Morgan fingerprint density at radius 3 is 2.58 bits per heavy atom. The lowest BCUT2D eigenvalue weighted by Gasteiger charge is -2.28. The Hall–Kier alpha value is -3.95. The number of anilines is 1. The number of carboxylic acid groups (broad SMARTS) is 1. The summed E-state index contributed by atoms with van der Waals surface area (Å²) in [5, 5.41) is 16.0. The number of benzene rings is 2. The highest BCUT2D eigenvalue weighted by Crippen LogP contribution is 2.33. The number of fused-ring (bicyclic) bond motifs is 2. The fourth-order valence-electron chi connectivity index (χ4n) is 4.46. The van der Waals surface area contributed by atoms with Gasteiger partial charge in [0.2, 0.25) is 0 Å². The lowest BCUT2D eigenvalue weighted by atomic mass is 10.1. The quantitative estimate of drug-likeness (QED) is 0.335. The van der Waals surface area contributed by atoms with Crippen molar-refractivity contribution in [1.29, 1.82) is 0 Å². The first-order chi connectivity index (χ1) is 17.7. The average molecular weight is 498 g/mol. The molecule has 1 saturated heterocycles. The van der Waals surface area contributed by atoms with Crippen molar-refractivity contribution in [2.24, 2.45) is 0 Å². The van der Waals surface area contributed by atoms with Crippen LogP contribution in [0.4, 0.5) is 5.69 Å². The van der Waals surface area contributed by atoms with Crippen LogP contribution in [0, 0.1) is 0 Å². The van der Waals surface area contributed by atoms with Crippen LogP contribution in [0.15, 0.2) is 78.0 Å². The molecule has 9 heteroatoms. The largest absolute Gasteiger partial charge is 0.478 e. The van der Waals surface area contributed by atoms with Crippen molar-refractivity contribution in [1.82, 2.24) is 19.6 Å². The van der Waals surface area contributed by atoms with Gasteiger partial charge in [-0.25, -0.2) is 19.3 Å². The van der Waals surface area contributed by atoms with Crippen molar-refractivity contribution in [3.8, 4) is 11.3 Å². The molecule has 0 amide bonds. The zero-order valence-electron chi connectivity index (χ0n) is 19.4. The number of carboxylic acids is 1. The maximum Gasteiger partial charge on any atom is 0.335 e. The van der Waals surface area contributed by atoms with Crippen molar-refractivity contribution in [2.75, 3.05) is 31.2 Å². The number of rotatable bonds is 6. The Balaban J connectivity index is 1.42. The Morgan fingerprint density at radius 1 is 0.972 bits per heavy atom. The van der Waals surface area contributed by atoms with Crippen molar-refractivity contribution in [3.05, 3.63) is 84.2 Å². The number of aromatic carboxylic acids is 1.